The molecule has 0 N–H and O–H groups in total. The molecule has 0 aliphatic carbocycles. The normalized spacial score (nSPS) is 17.1. The molecule has 1 aromatic carbocycles. The van der Waals surface area contributed by atoms with Gasteiger partial charge in [-0.2, -0.15) is 0 Å². The topological polar surface area (TPSA) is 56.6 Å². The third kappa shape index (κ3) is 3.18. The number of imidazole rings is 1. The van der Waals surface area contributed by atoms with Gasteiger partial charge in [0.15, 0.2) is 11.5 Å². The Labute approximate surface area is 151 Å². The van der Waals surface area contributed by atoms with E-state index in [4.69, 9.17) is 21.1 Å². The molecule has 2 aliphatic rings. The van der Waals surface area contributed by atoms with Crippen molar-refractivity contribution in [2.75, 3.05) is 19.9 Å². The molecule has 4 rings (SSSR count). The molecular weight excluding hydrogens is 342 g/mol. The predicted molar refractivity (Wildman–Crippen MR) is 93.1 cm³/mol. The first-order chi connectivity index (χ1) is 12.1. The second kappa shape index (κ2) is 6.59. The highest BCUT2D eigenvalue weighted by Crippen LogP contribution is 2.40. The van der Waals surface area contributed by atoms with Gasteiger partial charge in [0.05, 0.1) is 5.02 Å². The molecule has 132 valence electrons. The van der Waals surface area contributed by atoms with E-state index < -0.39 is 0 Å². The summed E-state index contributed by atoms with van der Waals surface area (Å²) in [7, 11) is 2.02. The van der Waals surface area contributed by atoms with Crippen molar-refractivity contribution in [3.05, 3.63) is 40.9 Å². The Morgan fingerprint density at radius 2 is 2.12 bits per heavy atom. The second-order valence-corrected chi connectivity index (χ2v) is 6.99. The minimum absolute atomic E-state index is 0.00404. The van der Waals surface area contributed by atoms with Crippen LogP contribution in [0.5, 0.6) is 11.5 Å². The van der Waals surface area contributed by atoms with Crippen molar-refractivity contribution in [1.82, 2.24) is 14.5 Å². The number of fused-ring (bicyclic) bond motifs is 1. The first-order valence-electron chi connectivity index (χ1n) is 8.46. The molecule has 0 spiro atoms. The number of carbonyl (C=O) groups excluding carboxylic acids is 1. The van der Waals surface area contributed by atoms with Gasteiger partial charge in [0, 0.05) is 44.5 Å². The van der Waals surface area contributed by atoms with Gasteiger partial charge in [-0.3, -0.25) is 4.79 Å². The zero-order valence-corrected chi connectivity index (χ0v) is 14.8. The Balaban J connectivity index is 1.40. The lowest BCUT2D eigenvalue weighted by atomic mass is 9.93. The highest BCUT2D eigenvalue weighted by atomic mass is 35.5. The van der Waals surface area contributed by atoms with Crippen LogP contribution in [-0.2, 0) is 13.5 Å². The third-order valence-electron chi connectivity index (χ3n) is 4.97. The zero-order valence-electron chi connectivity index (χ0n) is 14.1. The number of piperidine rings is 1. The molecule has 25 heavy (non-hydrogen) atoms. The van der Waals surface area contributed by atoms with E-state index in [1.807, 2.05) is 24.3 Å². The van der Waals surface area contributed by atoms with Crippen LogP contribution in [0.25, 0.3) is 0 Å². The molecule has 2 aromatic rings. The van der Waals surface area contributed by atoms with Crippen molar-refractivity contribution in [2.45, 2.75) is 19.3 Å². The number of hydrogen-bond donors (Lipinski definition) is 0. The van der Waals surface area contributed by atoms with E-state index in [0.29, 0.717) is 28.0 Å². The molecular formula is C18H20ClN3O3. The molecule has 0 unspecified atom stereocenters. The van der Waals surface area contributed by atoms with Gasteiger partial charge in [0.2, 0.25) is 6.79 Å². The Morgan fingerprint density at radius 1 is 1.32 bits per heavy atom. The van der Waals surface area contributed by atoms with E-state index in [1.165, 1.54) is 0 Å². The number of aryl methyl sites for hydroxylation is 1. The number of rotatable bonds is 3. The van der Waals surface area contributed by atoms with Gasteiger partial charge in [-0.15, -0.1) is 0 Å². The second-order valence-electron chi connectivity index (χ2n) is 6.59. The fourth-order valence-corrected chi connectivity index (χ4v) is 3.73. The Hall–Kier alpha value is -2.21. The van der Waals surface area contributed by atoms with Crippen LogP contribution in [0.2, 0.25) is 5.02 Å². The van der Waals surface area contributed by atoms with Gasteiger partial charge in [-0.1, -0.05) is 11.6 Å². The minimum Gasteiger partial charge on any atom is -0.454 e. The van der Waals surface area contributed by atoms with Crippen molar-refractivity contribution in [3.8, 4) is 11.5 Å². The fraction of sp³-hybridized carbons (Fsp3) is 0.444. The molecule has 0 atom stereocenters. The Kier molecular flexibility index (Phi) is 4.29. The zero-order chi connectivity index (χ0) is 17.4. The summed E-state index contributed by atoms with van der Waals surface area (Å²) in [4.78, 5) is 19.1. The summed E-state index contributed by atoms with van der Waals surface area (Å²) in [5.41, 5.74) is 0.553. The van der Waals surface area contributed by atoms with E-state index in [-0.39, 0.29) is 12.7 Å². The lowest BCUT2D eigenvalue weighted by Crippen LogP contribution is -2.39. The average Bonchev–Trinajstić information content (AvgIpc) is 3.24. The molecule has 0 saturated carbocycles. The Morgan fingerprint density at radius 3 is 2.84 bits per heavy atom. The van der Waals surface area contributed by atoms with Crippen LogP contribution in [0, 0.1) is 5.92 Å². The van der Waals surface area contributed by atoms with Crippen molar-refractivity contribution < 1.29 is 14.3 Å². The first-order valence-corrected chi connectivity index (χ1v) is 8.84. The van der Waals surface area contributed by atoms with Gasteiger partial charge >= 0.3 is 0 Å². The maximum atomic E-state index is 12.8. The summed E-state index contributed by atoms with van der Waals surface area (Å²) in [6, 6.07) is 3.38. The van der Waals surface area contributed by atoms with Crippen LogP contribution in [-0.4, -0.2) is 40.2 Å². The van der Waals surface area contributed by atoms with Crippen molar-refractivity contribution in [1.29, 1.82) is 0 Å². The largest absolute Gasteiger partial charge is 0.454 e. The van der Waals surface area contributed by atoms with E-state index >= 15 is 0 Å². The summed E-state index contributed by atoms with van der Waals surface area (Å²) < 4.78 is 12.7. The molecule has 0 bridgehead atoms. The van der Waals surface area contributed by atoms with E-state index in [0.717, 1.165) is 38.2 Å². The van der Waals surface area contributed by atoms with Crippen molar-refractivity contribution in [2.24, 2.45) is 13.0 Å². The highest BCUT2D eigenvalue weighted by molar-refractivity contribution is 6.32. The number of halogens is 1. The smallest absolute Gasteiger partial charge is 0.254 e. The lowest BCUT2D eigenvalue weighted by molar-refractivity contribution is 0.0689. The number of amides is 1. The molecule has 1 saturated heterocycles. The summed E-state index contributed by atoms with van der Waals surface area (Å²) >= 11 is 6.19. The van der Waals surface area contributed by atoms with Crippen LogP contribution in [0.3, 0.4) is 0 Å². The van der Waals surface area contributed by atoms with Crippen molar-refractivity contribution in [3.63, 3.8) is 0 Å². The van der Waals surface area contributed by atoms with Gasteiger partial charge in [-0.05, 0) is 30.9 Å². The van der Waals surface area contributed by atoms with E-state index in [9.17, 15) is 4.79 Å². The molecule has 0 radical (unpaired) electrons. The number of ether oxygens (including phenoxy) is 2. The number of nitrogens with zero attached hydrogens (tertiary/aromatic N) is 3. The molecule has 1 fully saturated rings. The monoisotopic (exact) mass is 361 g/mol. The van der Waals surface area contributed by atoms with Gasteiger partial charge in [-0.25, -0.2) is 4.98 Å². The van der Waals surface area contributed by atoms with E-state index in [2.05, 4.69) is 9.55 Å². The number of likely N-dealkylation sites (tertiary alicyclic amines) is 1. The summed E-state index contributed by atoms with van der Waals surface area (Å²) in [6.07, 6.45) is 6.73. The highest BCUT2D eigenvalue weighted by Gasteiger charge is 2.27. The molecule has 3 heterocycles. The van der Waals surface area contributed by atoms with Gasteiger partial charge in [0.25, 0.3) is 5.91 Å². The maximum Gasteiger partial charge on any atom is 0.254 e. The molecule has 7 heteroatoms. The number of benzene rings is 1. The SMILES string of the molecule is Cn1ccnc1CC1CCN(C(=O)c2cc(Cl)c3c(c2)OCO3)CC1. The quantitative estimate of drug-likeness (QED) is 0.843. The summed E-state index contributed by atoms with van der Waals surface area (Å²) in [5, 5.41) is 0.419. The molecule has 1 aromatic heterocycles. The average molecular weight is 362 g/mol. The lowest BCUT2D eigenvalue weighted by Gasteiger charge is -2.32. The van der Waals surface area contributed by atoms with Crippen LogP contribution in [0.15, 0.2) is 24.5 Å². The molecule has 2 aliphatic heterocycles. The fourth-order valence-electron chi connectivity index (χ4n) is 3.46. The molecule has 1 amide bonds. The summed E-state index contributed by atoms with van der Waals surface area (Å²) in [5.74, 6) is 2.72. The number of aromatic nitrogens is 2. The summed E-state index contributed by atoms with van der Waals surface area (Å²) in [6.45, 7) is 1.64. The molecule has 6 nitrogen and oxygen atoms in total. The van der Waals surface area contributed by atoms with Crippen LogP contribution in [0.4, 0.5) is 0 Å². The van der Waals surface area contributed by atoms with Crippen LogP contribution in [0.1, 0.15) is 29.0 Å². The van der Waals surface area contributed by atoms with Crippen molar-refractivity contribution >= 4 is 17.5 Å². The Bertz CT molecular complexity index is 797. The number of carbonyl (C=O) groups is 1. The first kappa shape index (κ1) is 16.3. The maximum absolute atomic E-state index is 12.8. The number of hydrogen-bond acceptors (Lipinski definition) is 4. The third-order valence-corrected chi connectivity index (χ3v) is 5.25. The van der Waals surface area contributed by atoms with Gasteiger partial charge in [0.1, 0.15) is 5.82 Å². The standard InChI is InChI=1S/C18H20ClN3O3/c1-21-7-4-20-16(21)8-12-2-5-22(6-3-12)18(23)13-9-14(19)17-15(10-13)24-11-25-17/h4,7,9-10,12H,2-3,5-6,8,11H2,1H3. The van der Waals surface area contributed by atoms with Crippen LogP contribution >= 0.6 is 11.6 Å². The van der Waals surface area contributed by atoms with Crippen LogP contribution < -0.4 is 9.47 Å². The van der Waals surface area contributed by atoms with Gasteiger partial charge < -0.3 is 18.9 Å². The predicted octanol–water partition coefficient (Wildman–Crippen LogP) is 2.90. The van der Waals surface area contributed by atoms with E-state index in [1.54, 1.807) is 12.1 Å². The minimum atomic E-state index is -0.00404.